The smallest absolute Gasteiger partial charge is 0.0126 e. The third kappa shape index (κ3) is 4.62. The zero-order valence-electron chi connectivity index (χ0n) is 12.2. The molecular formula is C16H31N. The fourth-order valence-corrected chi connectivity index (χ4v) is 3.21. The molecule has 0 aromatic carbocycles. The van der Waals surface area contributed by atoms with Crippen LogP contribution in [0.15, 0.2) is 0 Å². The maximum atomic E-state index is 4.04. The first-order chi connectivity index (χ1) is 8.06. The lowest BCUT2D eigenvalue weighted by Gasteiger charge is -2.28. The molecule has 0 aromatic heterocycles. The van der Waals surface area contributed by atoms with E-state index in [1.54, 1.807) is 0 Å². The van der Waals surface area contributed by atoms with Crippen molar-refractivity contribution in [2.75, 3.05) is 0 Å². The van der Waals surface area contributed by atoms with E-state index in [1.807, 2.05) is 0 Å². The Morgan fingerprint density at radius 1 is 0.824 bits per heavy atom. The molecule has 100 valence electrons. The van der Waals surface area contributed by atoms with Crippen molar-refractivity contribution >= 4 is 0 Å². The first kappa shape index (κ1) is 13.4. The van der Waals surface area contributed by atoms with Crippen molar-refractivity contribution in [3.8, 4) is 0 Å². The van der Waals surface area contributed by atoms with Crippen molar-refractivity contribution in [2.45, 2.75) is 78.3 Å². The van der Waals surface area contributed by atoms with Gasteiger partial charge in [-0.2, -0.15) is 0 Å². The molecule has 0 aromatic rings. The SMILES string of the molecule is CC(C)CC(CC(C)C)NC(C1CC1)C1CC1. The fraction of sp³-hybridized carbons (Fsp3) is 1.00. The van der Waals surface area contributed by atoms with Gasteiger partial charge in [-0.25, -0.2) is 0 Å². The molecule has 1 heteroatoms. The molecule has 0 saturated heterocycles. The van der Waals surface area contributed by atoms with Gasteiger partial charge in [-0.05, 0) is 62.2 Å². The van der Waals surface area contributed by atoms with Crippen LogP contribution >= 0.6 is 0 Å². The van der Waals surface area contributed by atoms with E-state index in [2.05, 4.69) is 33.0 Å². The number of rotatable bonds is 8. The minimum atomic E-state index is 0.765. The van der Waals surface area contributed by atoms with Crippen molar-refractivity contribution < 1.29 is 0 Å². The predicted octanol–water partition coefficient (Wildman–Crippen LogP) is 4.23. The molecule has 0 spiro atoms. The van der Waals surface area contributed by atoms with Gasteiger partial charge in [0.2, 0.25) is 0 Å². The Labute approximate surface area is 108 Å². The zero-order valence-corrected chi connectivity index (χ0v) is 12.2. The van der Waals surface area contributed by atoms with Gasteiger partial charge in [0.25, 0.3) is 0 Å². The van der Waals surface area contributed by atoms with Gasteiger partial charge < -0.3 is 5.32 Å². The Balaban J connectivity index is 1.84. The molecule has 17 heavy (non-hydrogen) atoms. The van der Waals surface area contributed by atoms with Crippen LogP contribution in [0.2, 0.25) is 0 Å². The lowest BCUT2D eigenvalue weighted by molar-refractivity contribution is 0.294. The van der Waals surface area contributed by atoms with Gasteiger partial charge in [0.1, 0.15) is 0 Å². The van der Waals surface area contributed by atoms with E-state index in [-0.39, 0.29) is 0 Å². The molecule has 0 unspecified atom stereocenters. The van der Waals surface area contributed by atoms with E-state index in [1.165, 1.54) is 38.5 Å². The Bertz CT molecular complexity index is 204. The molecule has 2 aliphatic rings. The van der Waals surface area contributed by atoms with Crippen molar-refractivity contribution in [3.05, 3.63) is 0 Å². The minimum absolute atomic E-state index is 0.765. The molecule has 1 N–H and O–H groups in total. The summed E-state index contributed by atoms with van der Waals surface area (Å²) >= 11 is 0. The molecule has 0 aliphatic heterocycles. The summed E-state index contributed by atoms with van der Waals surface area (Å²) in [5.41, 5.74) is 0. The third-order valence-corrected chi connectivity index (χ3v) is 4.20. The molecule has 0 amide bonds. The largest absolute Gasteiger partial charge is 0.311 e. The van der Waals surface area contributed by atoms with Gasteiger partial charge in [-0.15, -0.1) is 0 Å². The molecule has 0 atom stereocenters. The summed E-state index contributed by atoms with van der Waals surface area (Å²) < 4.78 is 0. The number of hydrogen-bond donors (Lipinski definition) is 1. The van der Waals surface area contributed by atoms with Crippen molar-refractivity contribution in [3.63, 3.8) is 0 Å². The van der Waals surface area contributed by atoms with Crippen LogP contribution in [0.3, 0.4) is 0 Å². The van der Waals surface area contributed by atoms with Gasteiger partial charge in [0, 0.05) is 12.1 Å². The van der Waals surface area contributed by atoms with Gasteiger partial charge in [0.05, 0.1) is 0 Å². The highest BCUT2D eigenvalue weighted by Crippen LogP contribution is 2.45. The predicted molar refractivity (Wildman–Crippen MR) is 75.1 cm³/mol. The average molecular weight is 237 g/mol. The Hall–Kier alpha value is -0.0400. The van der Waals surface area contributed by atoms with E-state index in [9.17, 15) is 0 Å². The van der Waals surface area contributed by atoms with Crippen molar-refractivity contribution in [1.29, 1.82) is 0 Å². The maximum Gasteiger partial charge on any atom is 0.0126 e. The van der Waals surface area contributed by atoms with E-state index >= 15 is 0 Å². The summed E-state index contributed by atoms with van der Waals surface area (Å²) in [7, 11) is 0. The lowest BCUT2D eigenvalue weighted by atomic mass is 9.93. The second-order valence-corrected chi connectivity index (χ2v) is 7.32. The van der Waals surface area contributed by atoms with E-state index in [4.69, 9.17) is 0 Å². The highest BCUT2D eigenvalue weighted by molar-refractivity contribution is 4.97. The maximum absolute atomic E-state index is 4.04. The Morgan fingerprint density at radius 2 is 1.24 bits per heavy atom. The van der Waals surface area contributed by atoms with Gasteiger partial charge in [-0.3, -0.25) is 0 Å². The standard InChI is InChI=1S/C16H31N/c1-11(2)9-15(10-12(3)4)17-16(13-5-6-13)14-7-8-14/h11-17H,5-10H2,1-4H3. The number of hydrogen-bond acceptors (Lipinski definition) is 1. The zero-order chi connectivity index (χ0) is 12.4. The normalized spacial score (nSPS) is 21.2. The molecule has 0 radical (unpaired) electrons. The van der Waals surface area contributed by atoms with Gasteiger partial charge in [0.15, 0.2) is 0 Å². The van der Waals surface area contributed by atoms with E-state index in [0.29, 0.717) is 0 Å². The quantitative estimate of drug-likeness (QED) is 0.666. The van der Waals surface area contributed by atoms with Gasteiger partial charge in [-0.1, -0.05) is 27.7 Å². The first-order valence-corrected chi connectivity index (χ1v) is 7.82. The molecule has 0 heterocycles. The lowest BCUT2D eigenvalue weighted by Crippen LogP contribution is -2.42. The summed E-state index contributed by atoms with van der Waals surface area (Å²) in [5.74, 6) is 3.71. The summed E-state index contributed by atoms with van der Waals surface area (Å²) in [6.45, 7) is 9.44. The molecule has 2 fully saturated rings. The molecular weight excluding hydrogens is 206 g/mol. The molecule has 2 aliphatic carbocycles. The monoisotopic (exact) mass is 237 g/mol. The van der Waals surface area contributed by atoms with Crippen molar-refractivity contribution in [2.24, 2.45) is 23.7 Å². The van der Waals surface area contributed by atoms with Crippen LogP contribution in [-0.2, 0) is 0 Å². The van der Waals surface area contributed by atoms with Crippen molar-refractivity contribution in [1.82, 2.24) is 5.32 Å². The topological polar surface area (TPSA) is 12.0 Å². The molecule has 2 rings (SSSR count). The minimum Gasteiger partial charge on any atom is -0.311 e. The Kier molecular flexibility index (Phi) is 4.52. The molecule has 2 saturated carbocycles. The fourth-order valence-electron chi connectivity index (χ4n) is 3.21. The highest BCUT2D eigenvalue weighted by atomic mass is 15.0. The van der Waals surface area contributed by atoms with Crippen LogP contribution in [0.25, 0.3) is 0 Å². The summed E-state index contributed by atoms with van der Waals surface area (Å²) in [6.07, 6.45) is 8.67. The average Bonchev–Trinajstić information content (AvgIpc) is 3.05. The first-order valence-electron chi connectivity index (χ1n) is 7.82. The van der Waals surface area contributed by atoms with Crippen LogP contribution in [0.5, 0.6) is 0 Å². The van der Waals surface area contributed by atoms with Crippen LogP contribution < -0.4 is 5.32 Å². The summed E-state index contributed by atoms with van der Waals surface area (Å²) in [4.78, 5) is 0. The van der Waals surface area contributed by atoms with Crippen LogP contribution in [0, 0.1) is 23.7 Å². The van der Waals surface area contributed by atoms with Crippen LogP contribution in [0.1, 0.15) is 66.2 Å². The van der Waals surface area contributed by atoms with Crippen LogP contribution in [-0.4, -0.2) is 12.1 Å². The Morgan fingerprint density at radius 3 is 1.53 bits per heavy atom. The third-order valence-electron chi connectivity index (χ3n) is 4.20. The van der Waals surface area contributed by atoms with E-state index in [0.717, 1.165) is 35.8 Å². The van der Waals surface area contributed by atoms with Gasteiger partial charge >= 0.3 is 0 Å². The highest BCUT2D eigenvalue weighted by Gasteiger charge is 2.42. The summed E-state index contributed by atoms with van der Waals surface area (Å²) in [6, 6.07) is 1.64. The molecule has 0 bridgehead atoms. The molecule has 1 nitrogen and oxygen atoms in total. The second kappa shape index (κ2) is 5.73. The van der Waals surface area contributed by atoms with E-state index < -0.39 is 0 Å². The van der Waals surface area contributed by atoms with Crippen LogP contribution in [0.4, 0.5) is 0 Å². The number of nitrogens with one attached hydrogen (secondary N) is 1. The summed E-state index contributed by atoms with van der Waals surface area (Å²) in [5, 5.41) is 4.04. The second-order valence-electron chi connectivity index (χ2n) is 7.32.